The van der Waals surface area contributed by atoms with Crippen molar-refractivity contribution in [3.63, 3.8) is 0 Å². The summed E-state index contributed by atoms with van der Waals surface area (Å²) in [6.45, 7) is 7.23. The number of rotatable bonds is 8. The Balaban J connectivity index is 1.61. The molecular weight excluding hydrogens is 350 g/mol. The van der Waals surface area contributed by atoms with Gasteiger partial charge >= 0.3 is 0 Å². The molecule has 1 aromatic carbocycles. The van der Waals surface area contributed by atoms with Gasteiger partial charge in [-0.15, -0.1) is 0 Å². The highest BCUT2D eigenvalue weighted by Gasteiger charge is 2.26. The van der Waals surface area contributed by atoms with E-state index in [0.29, 0.717) is 24.8 Å². The molecule has 0 aromatic heterocycles. The Morgan fingerprint density at radius 1 is 1.21 bits per heavy atom. The number of ether oxygens (including phenoxy) is 1. The summed E-state index contributed by atoms with van der Waals surface area (Å²) < 4.78 is 5.62. The molecule has 2 unspecified atom stereocenters. The zero-order chi connectivity index (χ0) is 19.8. The van der Waals surface area contributed by atoms with E-state index >= 15 is 0 Å². The predicted octanol–water partition coefficient (Wildman–Crippen LogP) is 3.36. The number of hydrogen-bond acceptors (Lipinski definition) is 4. The molecule has 0 saturated carbocycles. The summed E-state index contributed by atoms with van der Waals surface area (Å²) in [6.07, 6.45) is 6.76. The first-order valence-electron chi connectivity index (χ1n) is 11.0. The molecule has 0 bridgehead atoms. The molecule has 0 aliphatic carbocycles. The molecular formula is C23H37N3O2. The summed E-state index contributed by atoms with van der Waals surface area (Å²) in [7, 11) is 1.73. The highest BCUT2D eigenvalue weighted by molar-refractivity contribution is 5.76. The first kappa shape index (κ1) is 21.1. The standard InChI is InChI=1S/C23H37N3O2/c1-18(19-10-12-24-13-11-19)16-23(27)25-17-21(26-14-6-3-7-15-26)20-8-4-5-9-22(20)28-2/h4-5,8-9,18-19,21,24H,3,6-7,10-17H2,1-2H3,(H,25,27). The van der Waals surface area contributed by atoms with Crippen molar-refractivity contribution in [3.8, 4) is 5.75 Å². The van der Waals surface area contributed by atoms with E-state index in [4.69, 9.17) is 4.74 Å². The van der Waals surface area contributed by atoms with Crippen LogP contribution in [0.25, 0.3) is 0 Å². The summed E-state index contributed by atoms with van der Waals surface area (Å²) in [5.41, 5.74) is 1.18. The molecule has 5 heteroatoms. The molecule has 0 spiro atoms. The van der Waals surface area contributed by atoms with Crippen LogP contribution >= 0.6 is 0 Å². The Morgan fingerprint density at radius 2 is 1.93 bits per heavy atom. The lowest BCUT2D eigenvalue weighted by atomic mass is 9.84. The lowest BCUT2D eigenvalue weighted by Gasteiger charge is -2.35. The van der Waals surface area contributed by atoms with Gasteiger partial charge in [-0.1, -0.05) is 31.5 Å². The molecule has 2 heterocycles. The summed E-state index contributed by atoms with van der Waals surface area (Å²) >= 11 is 0. The first-order chi connectivity index (χ1) is 13.7. The third-order valence-electron chi connectivity index (χ3n) is 6.52. The van der Waals surface area contributed by atoms with Gasteiger partial charge in [0.05, 0.1) is 13.2 Å². The van der Waals surface area contributed by atoms with Crippen LogP contribution in [0.5, 0.6) is 5.75 Å². The monoisotopic (exact) mass is 387 g/mol. The van der Waals surface area contributed by atoms with Crippen molar-refractivity contribution >= 4 is 5.91 Å². The maximum absolute atomic E-state index is 12.7. The minimum atomic E-state index is 0.176. The summed E-state index contributed by atoms with van der Waals surface area (Å²) in [5.74, 6) is 2.21. The van der Waals surface area contributed by atoms with Crippen LogP contribution in [0.4, 0.5) is 0 Å². The zero-order valence-corrected chi connectivity index (χ0v) is 17.6. The fraction of sp³-hybridized carbons (Fsp3) is 0.696. The first-order valence-corrected chi connectivity index (χ1v) is 11.0. The number of benzene rings is 1. The van der Waals surface area contributed by atoms with E-state index in [1.54, 1.807) is 7.11 Å². The summed E-state index contributed by atoms with van der Waals surface area (Å²) in [6, 6.07) is 8.41. The van der Waals surface area contributed by atoms with Gasteiger partial charge in [0.2, 0.25) is 5.91 Å². The number of carbonyl (C=O) groups excluding carboxylic acids is 1. The topological polar surface area (TPSA) is 53.6 Å². The van der Waals surface area contributed by atoms with Gasteiger partial charge in [-0.3, -0.25) is 9.69 Å². The second-order valence-corrected chi connectivity index (χ2v) is 8.43. The molecule has 2 fully saturated rings. The highest BCUT2D eigenvalue weighted by atomic mass is 16.5. The third-order valence-corrected chi connectivity index (χ3v) is 6.52. The van der Waals surface area contributed by atoms with Crippen molar-refractivity contribution in [2.45, 2.75) is 51.5 Å². The summed E-state index contributed by atoms with van der Waals surface area (Å²) in [4.78, 5) is 15.2. The van der Waals surface area contributed by atoms with Crippen molar-refractivity contribution in [1.29, 1.82) is 0 Å². The number of carbonyl (C=O) groups is 1. The molecule has 3 rings (SSSR count). The predicted molar refractivity (Wildman–Crippen MR) is 114 cm³/mol. The van der Waals surface area contributed by atoms with E-state index in [9.17, 15) is 4.79 Å². The van der Waals surface area contributed by atoms with Crippen molar-refractivity contribution < 1.29 is 9.53 Å². The van der Waals surface area contributed by atoms with Crippen LogP contribution in [-0.2, 0) is 4.79 Å². The number of nitrogens with one attached hydrogen (secondary N) is 2. The minimum Gasteiger partial charge on any atom is -0.496 e. The van der Waals surface area contributed by atoms with E-state index in [0.717, 1.165) is 31.9 Å². The van der Waals surface area contributed by atoms with Gasteiger partial charge in [-0.25, -0.2) is 0 Å². The number of likely N-dealkylation sites (tertiary alicyclic amines) is 1. The quantitative estimate of drug-likeness (QED) is 0.718. The lowest BCUT2D eigenvalue weighted by molar-refractivity contribution is -0.122. The SMILES string of the molecule is COc1ccccc1C(CNC(=O)CC(C)C1CCNCC1)N1CCCCC1. The molecule has 5 nitrogen and oxygen atoms in total. The van der Waals surface area contributed by atoms with Gasteiger partial charge in [-0.2, -0.15) is 0 Å². The number of amides is 1. The van der Waals surface area contributed by atoms with E-state index in [1.165, 1.54) is 37.7 Å². The maximum Gasteiger partial charge on any atom is 0.220 e. The maximum atomic E-state index is 12.7. The normalized spacial score (nSPS) is 21.1. The van der Waals surface area contributed by atoms with Crippen LogP contribution in [0.15, 0.2) is 24.3 Å². The fourth-order valence-electron chi connectivity index (χ4n) is 4.76. The Labute approximate surface area is 170 Å². The average molecular weight is 388 g/mol. The van der Waals surface area contributed by atoms with Crippen molar-refractivity contribution in [1.82, 2.24) is 15.5 Å². The Hall–Kier alpha value is -1.59. The number of piperidine rings is 2. The molecule has 1 amide bonds. The molecule has 2 aliphatic rings. The molecule has 2 saturated heterocycles. The van der Waals surface area contributed by atoms with Gasteiger partial charge in [0.15, 0.2) is 0 Å². The van der Waals surface area contributed by atoms with Crippen LogP contribution < -0.4 is 15.4 Å². The second-order valence-electron chi connectivity index (χ2n) is 8.43. The molecule has 2 atom stereocenters. The van der Waals surface area contributed by atoms with Gasteiger partial charge in [0.1, 0.15) is 5.75 Å². The highest BCUT2D eigenvalue weighted by Crippen LogP contribution is 2.31. The smallest absolute Gasteiger partial charge is 0.220 e. The van der Waals surface area contributed by atoms with Gasteiger partial charge in [0, 0.05) is 18.5 Å². The molecule has 28 heavy (non-hydrogen) atoms. The minimum absolute atomic E-state index is 0.176. The zero-order valence-electron chi connectivity index (χ0n) is 17.6. The third kappa shape index (κ3) is 5.71. The molecule has 156 valence electrons. The number of para-hydroxylation sites is 1. The van der Waals surface area contributed by atoms with Gasteiger partial charge in [-0.05, 0) is 69.8 Å². The Morgan fingerprint density at radius 3 is 2.64 bits per heavy atom. The average Bonchev–Trinajstić information content (AvgIpc) is 2.75. The lowest BCUT2D eigenvalue weighted by Crippen LogP contribution is -2.41. The van der Waals surface area contributed by atoms with Gasteiger partial charge in [0.25, 0.3) is 0 Å². The molecule has 2 N–H and O–H groups in total. The van der Waals surface area contributed by atoms with E-state index in [-0.39, 0.29) is 11.9 Å². The fourth-order valence-corrected chi connectivity index (χ4v) is 4.76. The van der Waals surface area contributed by atoms with Crippen LogP contribution in [-0.4, -0.2) is 50.6 Å². The number of nitrogens with zero attached hydrogens (tertiary/aromatic N) is 1. The van der Waals surface area contributed by atoms with Crippen LogP contribution in [0, 0.1) is 11.8 Å². The van der Waals surface area contributed by atoms with Crippen molar-refractivity contribution in [3.05, 3.63) is 29.8 Å². The summed E-state index contributed by atoms with van der Waals surface area (Å²) in [5, 5.41) is 6.66. The van der Waals surface area contributed by atoms with Crippen LogP contribution in [0.1, 0.15) is 57.1 Å². The largest absolute Gasteiger partial charge is 0.496 e. The van der Waals surface area contributed by atoms with E-state index < -0.39 is 0 Å². The van der Waals surface area contributed by atoms with Crippen LogP contribution in [0.3, 0.4) is 0 Å². The molecule has 2 aliphatic heterocycles. The van der Waals surface area contributed by atoms with Crippen LogP contribution in [0.2, 0.25) is 0 Å². The Kier molecular flexibility index (Phi) is 8.16. The Bertz CT molecular complexity index is 610. The van der Waals surface area contributed by atoms with Crippen molar-refractivity contribution in [2.24, 2.45) is 11.8 Å². The second kappa shape index (κ2) is 10.8. The molecule has 0 radical (unpaired) electrons. The van der Waals surface area contributed by atoms with Crippen molar-refractivity contribution in [2.75, 3.05) is 39.8 Å². The van der Waals surface area contributed by atoms with Gasteiger partial charge < -0.3 is 15.4 Å². The van der Waals surface area contributed by atoms with E-state index in [2.05, 4.69) is 34.6 Å². The van der Waals surface area contributed by atoms with E-state index in [1.807, 2.05) is 12.1 Å². The molecule has 1 aromatic rings. The number of hydrogen-bond donors (Lipinski definition) is 2. The number of methoxy groups -OCH3 is 1.